The van der Waals surface area contributed by atoms with Crippen LogP contribution in [0.15, 0.2) is 12.3 Å². The summed E-state index contributed by atoms with van der Waals surface area (Å²) >= 11 is 0. The molecule has 1 aromatic heterocycles. The third-order valence-corrected chi connectivity index (χ3v) is 1.73. The van der Waals surface area contributed by atoms with Crippen LogP contribution in [-0.4, -0.2) is 29.3 Å². The minimum absolute atomic E-state index is 0.203. The van der Waals surface area contributed by atoms with E-state index in [0.717, 1.165) is 5.56 Å². The van der Waals surface area contributed by atoms with E-state index in [0.29, 0.717) is 25.4 Å². The highest BCUT2D eigenvalue weighted by Gasteiger charge is 2.01. The molecule has 0 bridgehead atoms. The van der Waals surface area contributed by atoms with E-state index in [9.17, 15) is 4.79 Å². The summed E-state index contributed by atoms with van der Waals surface area (Å²) in [6.07, 6.45) is 2.01. The second kappa shape index (κ2) is 5.95. The summed E-state index contributed by atoms with van der Waals surface area (Å²) in [4.78, 5) is 11.0. The fourth-order valence-corrected chi connectivity index (χ4v) is 1.08. The van der Waals surface area contributed by atoms with Crippen LogP contribution in [0.1, 0.15) is 18.9 Å². The Bertz CT molecular complexity index is 328. The molecule has 0 fully saturated rings. The van der Waals surface area contributed by atoms with Crippen molar-refractivity contribution in [1.82, 2.24) is 10.2 Å². The molecule has 1 N–H and O–H groups in total. The maximum Gasteiger partial charge on any atom is 0.307 e. The number of hydrogen-bond acceptors (Lipinski definition) is 5. The molecule has 0 amide bonds. The number of rotatable bonds is 5. The first kappa shape index (κ1) is 11.4. The number of hydrogen-bond donors (Lipinski definition) is 1. The fraction of sp³-hybridized carbons (Fsp3) is 0.500. The average Bonchev–Trinajstić information content (AvgIpc) is 2.18. The number of aromatic nitrogens is 2. The van der Waals surface area contributed by atoms with Crippen molar-refractivity contribution < 1.29 is 9.53 Å². The zero-order chi connectivity index (χ0) is 11.1. The Hall–Kier alpha value is -1.65. The lowest BCUT2D eigenvalue weighted by Gasteiger charge is -2.04. The number of anilines is 1. The molecule has 5 nitrogen and oxygen atoms in total. The van der Waals surface area contributed by atoms with Crippen molar-refractivity contribution in [2.75, 3.05) is 18.5 Å². The zero-order valence-corrected chi connectivity index (χ0v) is 8.99. The zero-order valence-electron chi connectivity index (χ0n) is 8.99. The first-order valence-electron chi connectivity index (χ1n) is 4.91. The van der Waals surface area contributed by atoms with E-state index >= 15 is 0 Å². The Kier molecular flexibility index (Phi) is 4.53. The summed E-state index contributed by atoms with van der Waals surface area (Å²) in [5.74, 6) is 0.477. The molecule has 1 aromatic rings. The molecule has 0 atom stereocenters. The minimum Gasteiger partial charge on any atom is -0.466 e. The van der Waals surface area contributed by atoms with Gasteiger partial charge in [-0.05, 0) is 25.5 Å². The van der Waals surface area contributed by atoms with Crippen molar-refractivity contribution in [3.05, 3.63) is 17.8 Å². The summed E-state index contributed by atoms with van der Waals surface area (Å²) in [5, 5.41) is 10.7. The Morgan fingerprint density at radius 1 is 1.60 bits per heavy atom. The van der Waals surface area contributed by atoms with Gasteiger partial charge in [-0.1, -0.05) is 0 Å². The highest BCUT2D eigenvalue weighted by molar-refractivity contribution is 5.69. The molecule has 0 unspecified atom stereocenters. The highest BCUT2D eigenvalue weighted by atomic mass is 16.5. The van der Waals surface area contributed by atoms with Crippen LogP contribution >= 0.6 is 0 Å². The Morgan fingerprint density at radius 2 is 2.40 bits per heavy atom. The van der Waals surface area contributed by atoms with Crippen molar-refractivity contribution >= 4 is 11.8 Å². The second-order valence-corrected chi connectivity index (χ2v) is 3.10. The Morgan fingerprint density at radius 3 is 3.07 bits per heavy atom. The highest BCUT2D eigenvalue weighted by Crippen LogP contribution is 2.02. The predicted molar refractivity (Wildman–Crippen MR) is 56.5 cm³/mol. The van der Waals surface area contributed by atoms with Crippen LogP contribution < -0.4 is 5.32 Å². The standard InChI is InChI=1S/C10H15N3O2/c1-3-15-10(14)4-5-11-9-6-8(2)7-12-13-9/h6-7H,3-5H2,1-2H3,(H,11,13). The smallest absolute Gasteiger partial charge is 0.307 e. The van der Waals surface area contributed by atoms with E-state index in [4.69, 9.17) is 4.74 Å². The molecule has 0 aromatic carbocycles. The van der Waals surface area contributed by atoms with E-state index in [1.54, 1.807) is 13.1 Å². The van der Waals surface area contributed by atoms with Crippen molar-refractivity contribution in [2.45, 2.75) is 20.3 Å². The predicted octanol–water partition coefficient (Wildman–Crippen LogP) is 1.15. The molecule has 1 rings (SSSR count). The molecule has 0 aliphatic carbocycles. The van der Waals surface area contributed by atoms with Crippen LogP contribution in [0.2, 0.25) is 0 Å². The number of nitrogens with one attached hydrogen (secondary N) is 1. The number of ether oxygens (including phenoxy) is 1. The molecule has 0 saturated carbocycles. The van der Waals surface area contributed by atoms with Gasteiger partial charge in [-0.3, -0.25) is 4.79 Å². The van der Waals surface area contributed by atoms with E-state index < -0.39 is 0 Å². The van der Waals surface area contributed by atoms with Gasteiger partial charge >= 0.3 is 5.97 Å². The second-order valence-electron chi connectivity index (χ2n) is 3.10. The Balaban J connectivity index is 2.28. The van der Waals surface area contributed by atoms with E-state index in [-0.39, 0.29) is 5.97 Å². The normalized spacial score (nSPS) is 9.73. The van der Waals surface area contributed by atoms with Gasteiger partial charge in [-0.15, -0.1) is 5.10 Å². The molecule has 0 radical (unpaired) electrons. The third kappa shape index (κ3) is 4.39. The van der Waals surface area contributed by atoms with Gasteiger partial charge in [0.25, 0.3) is 0 Å². The van der Waals surface area contributed by atoms with Gasteiger partial charge in [-0.25, -0.2) is 0 Å². The van der Waals surface area contributed by atoms with Crippen LogP contribution in [0.3, 0.4) is 0 Å². The molecule has 82 valence electrons. The van der Waals surface area contributed by atoms with Gasteiger partial charge < -0.3 is 10.1 Å². The van der Waals surface area contributed by atoms with Crippen molar-refractivity contribution in [1.29, 1.82) is 0 Å². The van der Waals surface area contributed by atoms with Crippen LogP contribution in [0.4, 0.5) is 5.82 Å². The molecule has 5 heteroatoms. The SMILES string of the molecule is CCOC(=O)CCNc1cc(C)cnn1. The number of carbonyl (C=O) groups is 1. The van der Waals surface area contributed by atoms with E-state index in [1.807, 2.05) is 13.0 Å². The molecule has 15 heavy (non-hydrogen) atoms. The largest absolute Gasteiger partial charge is 0.466 e. The quantitative estimate of drug-likeness (QED) is 0.737. The summed E-state index contributed by atoms with van der Waals surface area (Å²) in [6.45, 7) is 4.66. The topological polar surface area (TPSA) is 64.1 Å². The van der Waals surface area contributed by atoms with Crippen LogP contribution in [-0.2, 0) is 9.53 Å². The van der Waals surface area contributed by atoms with Gasteiger partial charge in [0, 0.05) is 6.54 Å². The number of esters is 1. The monoisotopic (exact) mass is 209 g/mol. The average molecular weight is 209 g/mol. The lowest BCUT2D eigenvalue weighted by Crippen LogP contribution is -2.12. The van der Waals surface area contributed by atoms with Crippen LogP contribution in [0, 0.1) is 6.92 Å². The van der Waals surface area contributed by atoms with Gasteiger partial charge in [0.2, 0.25) is 0 Å². The Labute approximate surface area is 88.9 Å². The lowest BCUT2D eigenvalue weighted by atomic mass is 10.3. The van der Waals surface area contributed by atoms with Gasteiger partial charge in [-0.2, -0.15) is 5.10 Å². The van der Waals surface area contributed by atoms with Crippen molar-refractivity contribution in [3.63, 3.8) is 0 Å². The van der Waals surface area contributed by atoms with Crippen LogP contribution in [0.25, 0.3) is 0 Å². The first-order valence-corrected chi connectivity index (χ1v) is 4.91. The van der Waals surface area contributed by atoms with E-state index in [1.165, 1.54) is 0 Å². The summed E-state index contributed by atoms with van der Waals surface area (Å²) in [6, 6.07) is 1.87. The maximum atomic E-state index is 11.0. The van der Waals surface area contributed by atoms with Gasteiger partial charge in [0.05, 0.1) is 19.2 Å². The van der Waals surface area contributed by atoms with Crippen molar-refractivity contribution in [2.24, 2.45) is 0 Å². The fourth-order valence-electron chi connectivity index (χ4n) is 1.08. The molecular weight excluding hydrogens is 194 g/mol. The minimum atomic E-state index is -0.203. The maximum absolute atomic E-state index is 11.0. The molecule has 1 heterocycles. The summed E-state index contributed by atoms with van der Waals surface area (Å²) < 4.78 is 4.79. The van der Waals surface area contributed by atoms with Crippen LogP contribution in [0.5, 0.6) is 0 Å². The van der Waals surface area contributed by atoms with Gasteiger partial charge in [0.15, 0.2) is 0 Å². The number of aryl methyl sites for hydroxylation is 1. The van der Waals surface area contributed by atoms with Gasteiger partial charge in [0.1, 0.15) is 5.82 Å². The third-order valence-electron chi connectivity index (χ3n) is 1.73. The molecule has 0 saturated heterocycles. The number of nitrogens with zero attached hydrogens (tertiary/aromatic N) is 2. The summed E-state index contributed by atoms with van der Waals surface area (Å²) in [5.41, 5.74) is 1.03. The summed E-state index contributed by atoms with van der Waals surface area (Å²) in [7, 11) is 0. The first-order chi connectivity index (χ1) is 7.22. The van der Waals surface area contributed by atoms with E-state index in [2.05, 4.69) is 15.5 Å². The number of carbonyl (C=O) groups excluding carboxylic acids is 1. The molecule has 0 aliphatic heterocycles. The molecule has 0 aliphatic rings. The van der Waals surface area contributed by atoms with Crippen molar-refractivity contribution in [3.8, 4) is 0 Å². The molecular formula is C10H15N3O2. The molecule has 0 spiro atoms. The lowest BCUT2D eigenvalue weighted by molar-refractivity contribution is -0.142.